The van der Waals surface area contributed by atoms with Crippen LogP contribution in [0.1, 0.15) is 88.2 Å². The summed E-state index contributed by atoms with van der Waals surface area (Å²) >= 11 is 0. The van der Waals surface area contributed by atoms with E-state index in [1.54, 1.807) is 0 Å². The van der Waals surface area contributed by atoms with Crippen LogP contribution >= 0.6 is 0 Å². The Bertz CT molecular complexity index is 1400. The van der Waals surface area contributed by atoms with Gasteiger partial charge in [0, 0.05) is 30.1 Å². The predicted molar refractivity (Wildman–Crippen MR) is 163 cm³/mol. The summed E-state index contributed by atoms with van der Waals surface area (Å²) in [6, 6.07) is 12.0. The predicted octanol–water partition coefficient (Wildman–Crippen LogP) is 5.67. The number of aromatic nitrogens is 2. The number of hydrogen-bond donors (Lipinski definition) is 3. The number of aliphatic hydroxyl groups is 1. The average Bonchev–Trinajstić information content (AvgIpc) is 3.30. The number of nitrogens with zero attached hydrogens (tertiary/aromatic N) is 3. The number of likely N-dealkylation sites (tertiary alicyclic amines) is 1. The first-order chi connectivity index (χ1) is 20.0. The molecule has 226 valence electrons. The van der Waals surface area contributed by atoms with E-state index in [0.29, 0.717) is 17.4 Å². The second-order valence-corrected chi connectivity index (χ2v) is 13.0. The molecule has 2 heterocycles. The molecule has 0 bridgehead atoms. The number of benzene rings is 2. The Hall–Kier alpha value is -3.30. The summed E-state index contributed by atoms with van der Waals surface area (Å²) in [6.45, 7) is 10.4. The van der Waals surface area contributed by atoms with Gasteiger partial charge in [-0.2, -0.15) is 0 Å². The summed E-state index contributed by atoms with van der Waals surface area (Å²) in [5.41, 5.74) is 2.64. The fourth-order valence-corrected chi connectivity index (χ4v) is 6.52. The lowest BCUT2D eigenvalue weighted by molar-refractivity contribution is -0.126. The van der Waals surface area contributed by atoms with E-state index in [-0.39, 0.29) is 29.8 Å². The number of halogens is 1. The number of carbonyl (C=O) groups excluding carboxylic acids is 2. The van der Waals surface area contributed by atoms with Crippen molar-refractivity contribution in [1.82, 2.24) is 19.8 Å². The van der Waals surface area contributed by atoms with Crippen LogP contribution in [-0.4, -0.2) is 56.1 Å². The normalized spacial score (nSPS) is 20.6. The Kier molecular flexibility index (Phi) is 8.99. The number of amides is 2. The highest BCUT2D eigenvalue weighted by Crippen LogP contribution is 2.37. The number of hydrogen-bond acceptors (Lipinski definition) is 5. The third kappa shape index (κ3) is 7.01. The summed E-state index contributed by atoms with van der Waals surface area (Å²) < 4.78 is 15.6. The van der Waals surface area contributed by atoms with Gasteiger partial charge in [0.25, 0.3) is 5.91 Å². The number of rotatable bonds is 8. The minimum absolute atomic E-state index is 0.0157. The fourth-order valence-electron chi connectivity index (χ4n) is 6.52. The smallest absolute Gasteiger partial charge is 0.257 e. The molecule has 5 rings (SSSR count). The van der Waals surface area contributed by atoms with E-state index in [1.165, 1.54) is 29.8 Å². The maximum absolute atomic E-state index is 13.5. The SMILES string of the molecule is CC(C)NC(=O)[C@H]1CC[C@H](n2c(NC(=O)c3ccc(F)cc3)nc3ccc(CN4CCC(C(C)(C)O)CC4)cc32)CC1. The van der Waals surface area contributed by atoms with Crippen LogP contribution in [0.4, 0.5) is 10.3 Å². The fraction of sp³-hybridized carbons (Fsp3) is 0.545. The maximum Gasteiger partial charge on any atom is 0.257 e. The molecule has 9 heteroatoms. The Morgan fingerprint density at radius 1 is 1.02 bits per heavy atom. The van der Waals surface area contributed by atoms with Crippen LogP contribution < -0.4 is 10.6 Å². The molecule has 0 radical (unpaired) electrons. The van der Waals surface area contributed by atoms with Crippen molar-refractivity contribution in [2.24, 2.45) is 11.8 Å². The summed E-state index contributed by atoms with van der Waals surface area (Å²) in [6.07, 6.45) is 5.08. The highest BCUT2D eigenvalue weighted by molar-refractivity contribution is 6.04. The van der Waals surface area contributed by atoms with Crippen LogP contribution in [0.15, 0.2) is 42.5 Å². The van der Waals surface area contributed by atoms with Gasteiger partial charge in [-0.25, -0.2) is 9.37 Å². The lowest BCUT2D eigenvalue weighted by Crippen LogP contribution is -2.41. The molecule has 0 unspecified atom stereocenters. The van der Waals surface area contributed by atoms with Crippen molar-refractivity contribution in [3.8, 4) is 0 Å². The van der Waals surface area contributed by atoms with Crippen molar-refractivity contribution < 1.29 is 19.1 Å². The highest BCUT2D eigenvalue weighted by atomic mass is 19.1. The first-order valence-electron chi connectivity index (χ1n) is 15.3. The van der Waals surface area contributed by atoms with Crippen LogP contribution in [0.3, 0.4) is 0 Å². The maximum atomic E-state index is 13.5. The summed E-state index contributed by atoms with van der Waals surface area (Å²) in [4.78, 5) is 33.1. The van der Waals surface area contributed by atoms with E-state index in [2.05, 4.69) is 32.2 Å². The molecule has 1 aromatic heterocycles. The van der Waals surface area contributed by atoms with Crippen molar-refractivity contribution >= 4 is 28.8 Å². The minimum atomic E-state index is -0.652. The minimum Gasteiger partial charge on any atom is -0.390 e. The average molecular weight is 578 g/mol. The van der Waals surface area contributed by atoms with Gasteiger partial charge in [-0.15, -0.1) is 0 Å². The van der Waals surface area contributed by atoms with Gasteiger partial charge in [0.1, 0.15) is 5.82 Å². The van der Waals surface area contributed by atoms with Gasteiger partial charge in [-0.1, -0.05) is 6.07 Å². The molecule has 2 aliphatic rings. The third-order valence-corrected chi connectivity index (χ3v) is 8.94. The number of piperidine rings is 1. The molecule has 0 atom stereocenters. The molecular formula is C33H44FN5O3. The number of anilines is 1. The number of carbonyl (C=O) groups is 2. The van der Waals surface area contributed by atoms with Crippen molar-refractivity contribution in [1.29, 1.82) is 0 Å². The molecular weight excluding hydrogens is 533 g/mol. The summed E-state index contributed by atoms with van der Waals surface area (Å²) in [5, 5.41) is 16.5. The van der Waals surface area contributed by atoms with E-state index in [4.69, 9.17) is 4.98 Å². The molecule has 1 saturated carbocycles. The first-order valence-corrected chi connectivity index (χ1v) is 15.3. The zero-order valence-corrected chi connectivity index (χ0v) is 25.2. The molecule has 2 fully saturated rings. The van der Waals surface area contributed by atoms with Crippen LogP contribution in [0.5, 0.6) is 0 Å². The topological polar surface area (TPSA) is 99.5 Å². The standard InChI is InChI=1S/C33H44FN5O3/c1-21(2)35-30(40)24-8-12-27(13-9-24)39-29-19-22(20-38-17-15-25(16-18-38)33(3,4)42)5-14-28(29)36-32(39)37-31(41)23-6-10-26(34)11-7-23/h5-7,10-11,14,19,21,24-25,27,42H,8-9,12-13,15-18,20H2,1-4H3,(H,35,40)(H,36,37,41)/t24-,27-. The molecule has 2 amide bonds. The molecule has 8 nitrogen and oxygen atoms in total. The molecule has 1 aliphatic heterocycles. The molecule has 3 aromatic rings. The van der Waals surface area contributed by atoms with E-state index < -0.39 is 11.4 Å². The second kappa shape index (κ2) is 12.5. The Balaban J connectivity index is 1.39. The van der Waals surface area contributed by atoms with Crippen LogP contribution in [-0.2, 0) is 11.3 Å². The van der Waals surface area contributed by atoms with Gasteiger partial charge >= 0.3 is 0 Å². The van der Waals surface area contributed by atoms with Crippen molar-refractivity contribution in [2.45, 2.75) is 90.4 Å². The highest BCUT2D eigenvalue weighted by Gasteiger charge is 2.32. The van der Waals surface area contributed by atoms with Gasteiger partial charge < -0.3 is 15.0 Å². The lowest BCUT2D eigenvalue weighted by Gasteiger charge is -2.37. The monoisotopic (exact) mass is 577 g/mol. The third-order valence-electron chi connectivity index (χ3n) is 8.94. The van der Waals surface area contributed by atoms with E-state index in [0.717, 1.165) is 69.2 Å². The number of nitrogens with one attached hydrogen (secondary N) is 2. The lowest BCUT2D eigenvalue weighted by atomic mass is 9.83. The summed E-state index contributed by atoms with van der Waals surface area (Å²) in [5.74, 6) is 0.137. The first kappa shape index (κ1) is 30.2. The zero-order valence-electron chi connectivity index (χ0n) is 25.2. The number of fused-ring (bicyclic) bond motifs is 1. The molecule has 2 aromatic carbocycles. The Morgan fingerprint density at radius 3 is 2.31 bits per heavy atom. The quantitative estimate of drug-likeness (QED) is 0.321. The Labute approximate surface area is 247 Å². The van der Waals surface area contributed by atoms with Gasteiger partial charge in [-0.05, 0) is 127 Å². The molecule has 3 N–H and O–H groups in total. The van der Waals surface area contributed by atoms with Gasteiger partial charge in [0.15, 0.2) is 0 Å². The van der Waals surface area contributed by atoms with Crippen molar-refractivity contribution in [3.05, 3.63) is 59.4 Å². The van der Waals surface area contributed by atoms with Gasteiger partial charge in [-0.3, -0.25) is 19.8 Å². The number of imidazole rings is 1. The van der Waals surface area contributed by atoms with Gasteiger partial charge in [0.05, 0.1) is 16.6 Å². The molecule has 0 spiro atoms. The molecule has 1 saturated heterocycles. The molecule has 1 aliphatic carbocycles. The van der Waals surface area contributed by atoms with E-state index >= 15 is 0 Å². The Morgan fingerprint density at radius 2 is 1.69 bits per heavy atom. The van der Waals surface area contributed by atoms with Crippen LogP contribution in [0.25, 0.3) is 11.0 Å². The molecule has 42 heavy (non-hydrogen) atoms. The van der Waals surface area contributed by atoms with Crippen LogP contribution in [0.2, 0.25) is 0 Å². The van der Waals surface area contributed by atoms with E-state index in [1.807, 2.05) is 33.8 Å². The summed E-state index contributed by atoms with van der Waals surface area (Å²) in [7, 11) is 0. The zero-order chi connectivity index (χ0) is 30.0. The van der Waals surface area contributed by atoms with Crippen molar-refractivity contribution in [2.75, 3.05) is 18.4 Å². The van der Waals surface area contributed by atoms with Gasteiger partial charge in [0.2, 0.25) is 11.9 Å². The largest absolute Gasteiger partial charge is 0.390 e. The van der Waals surface area contributed by atoms with Crippen LogP contribution in [0, 0.1) is 17.7 Å². The second-order valence-electron chi connectivity index (χ2n) is 13.0. The van der Waals surface area contributed by atoms with Crippen molar-refractivity contribution in [3.63, 3.8) is 0 Å². The van der Waals surface area contributed by atoms with E-state index in [9.17, 15) is 19.1 Å².